The Labute approximate surface area is 118 Å². The number of hydrogen-bond donors (Lipinski definition) is 1. The van der Waals surface area contributed by atoms with Gasteiger partial charge < -0.3 is 10.1 Å². The number of aryl methyl sites for hydroxylation is 1. The summed E-state index contributed by atoms with van der Waals surface area (Å²) in [4.78, 5) is 10.9. The van der Waals surface area contributed by atoms with Crippen molar-refractivity contribution < 1.29 is 9.66 Å². The Kier molecular flexibility index (Phi) is 4.27. The molecule has 2 unspecified atom stereocenters. The van der Waals surface area contributed by atoms with Gasteiger partial charge in [0.15, 0.2) is 0 Å². The summed E-state index contributed by atoms with van der Waals surface area (Å²) in [6, 6.07) is 0. The van der Waals surface area contributed by atoms with Gasteiger partial charge in [-0.3, -0.25) is 10.1 Å². The highest BCUT2D eigenvalue weighted by Gasteiger charge is 2.33. The van der Waals surface area contributed by atoms with E-state index in [4.69, 9.17) is 4.74 Å². The third kappa shape index (κ3) is 2.77. The summed E-state index contributed by atoms with van der Waals surface area (Å²) >= 11 is 0. The van der Waals surface area contributed by atoms with Gasteiger partial charge in [-0.2, -0.15) is 5.10 Å². The van der Waals surface area contributed by atoms with E-state index in [1.807, 2.05) is 13.8 Å². The smallest absolute Gasteiger partial charge is 0.353 e. The molecule has 1 fully saturated rings. The molecule has 112 valence electrons. The van der Waals surface area contributed by atoms with Crippen LogP contribution in [0.15, 0.2) is 0 Å². The molecule has 2 atom stereocenters. The molecule has 1 aliphatic heterocycles. The van der Waals surface area contributed by atoms with Gasteiger partial charge in [0.25, 0.3) is 5.88 Å². The van der Waals surface area contributed by atoms with Gasteiger partial charge in [0, 0.05) is 19.5 Å². The molecule has 0 amide bonds. The van der Waals surface area contributed by atoms with Crippen LogP contribution < -0.4 is 10.1 Å². The van der Waals surface area contributed by atoms with Gasteiger partial charge in [-0.05, 0) is 18.9 Å². The zero-order valence-electron chi connectivity index (χ0n) is 12.4. The monoisotopic (exact) mass is 282 g/mol. The third-order valence-corrected chi connectivity index (χ3v) is 3.75. The zero-order chi connectivity index (χ0) is 14.9. The lowest BCUT2D eigenvalue weighted by molar-refractivity contribution is -0.387. The molecule has 20 heavy (non-hydrogen) atoms. The van der Waals surface area contributed by atoms with Crippen LogP contribution in [0.4, 0.5) is 5.69 Å². The topological polar surface area (TPSA) is 82.2 Å². The number of nitrogens with one attached hydrogen (secondary N) is 1. The van der Waals surface area contributed by atoms with Gasteiger partial charge in [0.1, 0.15) is 11.8 Å². The Morgan fingerprint density at radius 1 is 1.55 bits per heavy atom. The lowest BCUT2D eigenvalue weighted by atomic mass is 9.97. The maximum atomic E-state index is 11.3. The molecule has 1 N–H and O–H groups in total. The standard InChI is InChI=1S/C13H22N4O3/c1-8(2)11-12(17(18)19)13(16(4)15-11)20-10-7-14-6-5-9(10)3/h8-10,14H,5-7H2,1-4H3. The Hall–Kier alpha value is -1.63. The van der Waals surface area contributed by atoms with Crippen molar-refractivity contribution in [3.8, 4) is 5.88 Å². The van der Waals surface area contributed by atoms with E-state index >= 15 is 0 Å². The van der Waals surface area contributed by atoms with Gasteiger partial charge in [-0.15, -0.1) is 0 Å². The zero-order valence-corrected chi connectivity index (χ0v) is 12.4. The average molecular weight is 282 g/mol. The molecule has 0 saturated carbocycles. The summed E-state index contributed by atoms with van der Waals surface area (Å²) < 4.78 is 7.40. The predicted molar refractivity (Wildman–Crippen MR) is 75.0 cm³/mol. The maximum absolute atomic E-state index is 11.3. The lowest BCUT2D eigenvalue weighted by Crippen LogP contribution is -2.43. The summed E-state index contributed by atoms with van der Waals surface area (Å²) in [5.74, 6) is 0.619. The molecule has 2 heterocycles. The summed E-state index contributed by atoms with van der Waals surface area (Å²) in [7, 11) is 1.69. The Bertz CT molecular complexity index is 498. The van der Waals surface area contributed by atoms with Crippen LogP contribution in [-0.2, 0) is 7.05 Å². The van der Waals surface area contributed by atoms with Gasteiger partial charge in [-0.1, -0.05) is 20.8 Å². The quantitative estimate of drug-likeness (QED) is 0.673. The number of aromatic nitrogens is 2. The van der Waals surface area contributed by atoms with E-state index in [0.29, 0.717) is 18.2 Å². The van der Waals surface area contributed by atoms with E-state index < -0.39 is 4.92 Å². The molecule has 0 radical (unpaired) electrons. The lowest BCUT2D eigenvalue weighted by Gasteiger charge is -2.29. The molecule has 0 bridgehead atoms. The first-order valence-corrected chi connectivity index (χ1v) is 7.00. The minimum atomic E-state index is -0.390. The second-order valence-corrected chi connectivity index (χ2v) is 5.70. The van der Waals surface area contributed by atoms with Crippen LogP contribution in [0.5, 0.6) is 5.88 Å². The van der Waals surface area contributed by atoms with Crippen LogP contribution in [-0.4, -0.2) is 33.9 Å². The minimum Gasteiger partial charge on any atom is -0.468 e. The Morgan fingerprint density at radius 3 is 2.80 bits per heavy atom. The fourth-order valence-corrected chi connectivity index (χ4v) is 2.47. The normalized spacial score (nSPS) is 23.1. The van der Waals surface area contributed by atoms with Gasteiger partial charge in [0.2, 0.25) is 0 Å². The third-order valence-electron chi connectivity index (χ3n) is 3.75. The van der Waals surface area contributed by atoms with E-state index in [1.54, 1.807) is 7.05 Å². The molecule has 0 spiro atoms. The van der Waals surface area contributed by atoms with Crippen molar-refractivity contribution >= 4 is 5.69 Å². The van der Waals surface area contributed by atoms with Crippen LogP contribution in [0, 0.1) is 16.0 Å². The molecule has 2 rings (SSSR count). The highest BCUT2D eigenvalue weighted by Crippen LogP contribution is 2.36. The second-order valence-electron chi connectivity index (χ2n) is 5.70. The van der Waals surface area contributed by atoms with E-state index in [-0.39, 0.29) is 23.6 Å². The fraction of sp³-hybridized carbons (Fsp3) is 0.769. The van der Waals surface area contributed by atoms with Crippen molar-refractivity contribution in [3.05, 3.63) is 15.8 Å². The van der Waals surface area contributed by atoms with Crippen LogP contribution in [0.1, 0.15) is 38.8 Å². The van der Waals surface area contributed by atoms with Gasteiger partial charge >= 0.3 is 5.69 Å². The molecule has 1 aliphatic rings. The van der Waals surface area contributed by atoms with Crippen molar-refractivity contribution in [2.24, 2.45) is 13.0 Å². The van der Waals surface area contributed by atoms with E-state index in [1.165, 1.54) is 4.68 Å². The molecule has 0 aliphatic carbocycles. The first-order chi connectivity index (χ1) is 9.41. The predicted octanol–water partition coefficient (Wildman–Crippen LogP) is 1.83. The number of rotatable bonds is 4. The van der Waals surface area contributed by atoms with Gasteiger partial charge in [0.05, 0.1) is 4.92 Å². The highest BCUT2D eigenvalue weighted by molar-refractivity contribution is 5.47. The number of ether oxygens (including phenoxy) is 1. The second kappa shape index (κ2) is 5.78. The fourth-order valence-electron chi connectivity index (χ4n) is 2.47. The number of hydrogen-bond acceptors (Lipinski definition) is 5. The SMILES string of the molecule is CC(C)c1nn(C)c(OC2CNCCC2C)c1[N+](=O)[O-]. The molecule has 1 aromatic heterocycles. The summed E-state index contributed by atoms with van der Waals surface area (Å²) in [5.41, 5.74) is 0.476. The highest BCUT2D eigenvalue weighted by atomic mass is 16.6. The Morgan fingerprint density at radius 2 is 2.25 bits per heavy atom. The van der Waals surface area contributed by atoms with Crippen molar-refractivity contribution in [3.63, 3.8) is 0 Å². The van der Waals surface area contributed by atoms with Crippen LogP contribution in [0.25, 0.3) is 0 Å². The number of piperidine rings is 1. The van der Waals surface area contributed by atoms with Crippen LogP contribution >= 0.6 is 0 Å². The van der Waals surface area contributed by atoms with Gasteiger partial charge in [-0.25, -0.2) is 4.68 Å². The summed E-state index contributed by atoms with van der Waals surface area (Å²) in [6.45, 7) is 7.57. The van der Waals surface area contributed by atoms with E-state index in [9.17, 15) is 10.1 Å². The maximum Gasteiger partial charge on any atom is 0.353 e. The molecular weight excluding hydrogens is 260 g/mol. The largest absolute Gasteiger partial charge is 0.468 e. The summed E-state index contributed by atoms with van der Waals surface area (Å²) in [6.07, 6.45) is 0.950. The van der Waals surface area contributed by atoms with Crippen molar-refractivity contribution in [2.75, 3.05) is 13.1 Å². The first-order valence-electron chi connectivity index (χ1n) is 7.00. The van der Waals surface area contributed by atoms with Crippen molar-refractivity contribution in [2.45, 2.75) is 39.2 Å². The number of nitro groups is 1. The molecule has 7 nitrogen and oxygen atoms in total. The van der Waals surface area contributed by atoms with Crippen LogP contribution in [0.3, 0.4) is 0 Å². The summed E-state index contributed by atoms with van der Waals surface area (Å²) in [5, 5.41) is 18.9. The Balaban J connectivity index is 2.33. The van der Waals surface area contributed by atoms with Crippen molar-refractivity contribution in [1.29, 1.82) is 0 Å². The molecular formula is C13H22N4O3. The molecule has 1 aromatic rings. The van der Waals surface area contributed by atoms with Crippen LogP contribution in [0.2, 0.25) is 0 Å². The van der Waals surface area contributed by atoms with Crippen molar-refractivity contribution in [1.82, 2.24) is 15.1 Å². The average Bonchev–Trinajstić information content (AvgIpc) is 2.70. The van der Waals surface area contributed by atoms with E-state index in [0.717, 1.165) is 13.0 Å². The first kappa shape index (κ1) is 14.8. The molecule has 7 heteroatoms. The molecule has 0 aromatic carbocycles. The minimum absolute atomic E-state index is 0.000253. The number of nitrogens with zero attached hydrogens (tertiary/aromatic N) is 3. The molecule has 1 saturated heterocycles. The van der Waals surface area contributed by atoms with E-state index in [2.05, 4.69) is 17.3 Å².